The Bertz CT molecular complexity index is 1310. The van der Waals surface area contributed by atoms with Crippen molar-refractivity contribution < 1.29 is 25.9 Å². The quantitative estimate of drug-likeness (QED) is 0.353. The zero-order chi connectivity index (χ0) is 20.1. The summed E-state index contributed by atoms with van der Waals surface area (Å²) in [6.45, 7) is 0. The maximum absolute atomic E-state index is 11.2. The molecule has 10 nitrogen and oxygen atoms in total. The van der Waals surface area contributed by atoms with Crippen molar-refractivity contribution in [3.8, 4) is 0 Å². The van der Waals surface area contributed by atoms with Crippen molar-refractivity contribution in [2.24, 2.45) is 0 Å². The molecule has 2 aromatic heterocycles. The highest BCUT2D eigenvalue weighted by Gasteiger charge is 2.14. The van der Waals surface area contributed by atoms with E-state index in [9.17, 15) is 16.8 Å². The number of aromatic amines is 2. The Labute approximate surface area is 159 Å². The lowest BCUT2D eigenvalue weighted by molar-refractivity contribution is 0.481. The smallest absolute Gasteiger partial charge is 0.294 e. The van der Waals surface area contributed by atoms with Gasteiger partial charge in [0, 0.05) is 12.8 Å². The molecule has 4 rings (SSSR count). The fourth-order valence-corrected chi connectivity index (χ4v) is 3.89. The molecule has 0 radical (unpaired) electrons. The first kappa shape index (κ1) is 18.6. The average Bonchev–Trinajstić information content (AvgIpc) is 3.19. The second-order valence-electron chi connectivity index (χ2n) is 6.18. The maximum atomic E-state index is 11.2. The molecular weight excluding hydrogens is 408 g/mol. The zero-order valence-electron chi connectivity index (χ0n) is 14.1. The van der Waals surface area contributed by atoms with Crippen LogP contribution in [0.5, 0.6) is 0 Å². The number of fused-ring (bicyclic) bond motifs is 2. The highest BCUT2D eigenvalue weighted by Crippen LogP contribution is 2.20. The average molecular weight is 422 g/mol. The number of nitrogens with one attached hydrogen (secondary N) is 2. The summed E-state index contributed by atoms with van der Waals surface area (Å²) in [5, 5.41) is 0. The highest BCUT2D eigenvalue weighted by molar-refractivity contribution is 7.86. The van der Waals surface area contributed by atoms with E-state index >= 15 is 0 Å². The minimum atomic E-state index is -4.29. The SMILES string of the molecule is O=S(=O)(O)c1ccc2nc(CCc3nc4ccc(S(=O)(=O)O)cc4[nH]3)[nH]c2c1. The van der Waals surface area contributed by atoms with Gasteiger partial charge in [-0.15, -0.1) is 0 Å². The third-order valence-electron chi connectivity index (χ3n) is 4.20. The number of H-pyrrole nitrogens is 2. The standard InChI is InChI=1S/C16H14N4O6S2/c21-27(22,23)9-1-3-11-13(7-9)19-15(17-11)5-6-16-18-12-4-2-10(28(24,25)26)8-14(12)20-16/h1-4,7-8H,5-6H2,(H,17,19)(H,18,20)(H,21,22,23)(H,24,25,26). The van der Waals surface area contributed by atoms with Gasteiger partial charge >= 0.3 is 0 Å². The summed E-state index contributed by atoms with van der Waals surface area (Å²) in [5.74, 6) is 1.20. The van der Waals surface area contributed by atoms with Crippen LogP contribution in [0.3, 0.4) is 0 Å². The van der Waals surface area contributed by atoms with Crippen molar-refractivity contribution in [3.05, 3.63) is 48.0 Å². The van der Waals surface area contributed by atoms with E-state index in [1.165, 1.54) is 36.4 Å². The van der Waals surface area contributed by atoms with Gasteiger partial charge in [0.05, 0.1) is 31.9 Å². The summed E-state index contributed by atoms with van der Waals surface area (Å²) in [5.41, 5.74) is 2.08. The summed E-state index contributed by atoms with van der Waals surface area (Å²) < 4.78 is 63.1. The van der Waals surface area contributed by atoms with Crippen LogP contribution in [0.15, 0.2) is 46.2 Å². The van der Waals surface area contributed by atoms with Crippen LogP contribution in [0.2, 0.25) is 0 Å². The molecule has 0 aliphatic rings. The number of aromatic nitrogens is 4. The van der Waals surface area contributed by atoms with Crippen molar-refractivity contribution in [1.82, 2.24) is 19.9 Å². The molecule has 0 amide bonds. The lowest BCUT2D eigenvalue weighted by Crippen LogP contribution is -1.97. The second kappa shape index (κ2) is 6.38. The Morgan fingerprint density at radius 2 is 1.11 bits per heavy atom. The monoisotopic (exact) mass is 422 g/mol. The third-order valence-corrected chi connectivity index (χ3v) is 5.90. The largest absolute Gasteiger partial charge is 0.342 e. The van der Waals surface area contributed by atoms with Crippen molar-refractivity contribution >= 4 is 42.3 Å². The fraction of sp³-hybridized carbons (Fsp3) is 0.125. The van der Waals surface area contributed by atoms with E-state index in [1.807, 2.05) is 0 Å². The van der Waals surface area contributed by atoms with Crippen LogP contribution >= 0.6 is 0 Å². The summed E-state index contributed by atoms with van der Waals surface area (Å²) in [4.78, 5) is 14.3. The Morgan fingerprint density at radius 3 is 1.46 bits per heavy atom. The van der Waals surface area contributed by atoms with Gasteiger partial charge in [-0.1, -0.05) is 0 Å². The zero-order valence-corrected chi connectivity index (χ0v) is 15.7. The summed E-state index contributed by atoms with van der Waals surface area (Å²) in [7, 11) is -8.59. The Morgan fingerprint density at radius 1 is 0.714 bits per heavy atom. The van der Waals surface area contributed by atoms with Gasteiger partial charge in [0.2, 0.25) is 0 Å². The molecule has 0 aliphatic carbocycles. The molecule has 0 atom stereocenters. The van der Waals surface area contributed by atoms with Crippen LogP contribution in [0.1, 0.15) is 11.6 Å². The highest BCUT2D eigenvalue weighted by atomic mass is 32.2. The molecule has 0 saturated heterocycles. The Balaban J connectivity index is 1.57. The van der Waals surface area contributed by atoms with Gasteiger partial charge in [-0.25, -0.2) is 9.97 Å². The molecule has 2 aromatic carbocycles. The number of hydrogen-bond donors (Lipinski definition) is 4. The summed E-state index contributed by atoms with van der Waals surface area (Å²) in [6, 6.07) is 8.15. The van der Waals surface area contributed by atoms with Crippen LogP contribution in [-0.2, 0) is 33.1 Å². The van der Waals surface area contributed by atoms with Crippen LogP contribution in [0, 0.1) is 0 Å². The van der Waals surface area contributed by atoms with E-state index < -0.39 is 20.2 Å². The first-order valence-corrected chi connectivity index (χ1v) is 10.9. The molecular formula is C16H14N4O6S2. The number of rotatable bonds is 5. The first-order chi connectivity index (χ1) is 13.1. The maximum Gasteiger partial charge on any atom is 0.294 e. The van der Waals surface area contributed by atoms with Gasteiger partial charge < -0.3 is 9.97 Å². The van der Waals surface area contributed by atoms with E-state index in [4.69, 9.17) is 9.11 Å². The lowest BCUT2D eigenvalue weighted by Gasteiger charge is -1.95. The van der Waals surface area contributed by atoms with Gasteiger partial charge in [-0.05, 0) is 36.4 Å². The summed E-state index contributed by atoms with van der Waals surface area (Å²) >= 11 is 0. The second-order valence-corrected chi connectivity index (χ2v) is 9.02. The molecule has 0 bridgehead atoms. The molecule has 146 valence electrons. The van der Waals surface area contributed by atoms with Crippen molar-refractivity contribution in [2.45, 2.75) is 22.6 Å². The van der Waals surface area contributed by atoms with Crippen molar-refractivity contribution in [1.29, 1.82) is 0 Å². The van der Waals surface area contributed by atoms with Crippen molar-refractivity contribution in [2.75, 3.05) is 0 Å². The number of imidazole rings is 2. The number of nitrogens with zero attached hydrogens (tertiary/aromatic N) is 2. The van der Waals surface area contributed by atoms with Gasteiger partial charge in [0.25, 0.3) is 20.2 Å². The molecule has 0 aliphatic heterocycles. The van der Waals surface area contributed by atoms with E-state index in [1.54, 1.807) is 0 Å². The van der Waals surface area contributed by atoms with Gasteiger partial charge in [0.15, 0.2) is 0 Å². The van der Waals surface area contributed by atoms with Gasteiger partial charge in [-0.3, -0.25) is 9.11 Å². The minimum absolute atomic E-state index is 0.220. The van der Waals surface area contributed by atoms with E-state index in [0.29, 0.717) is 46.6 Å². The lowest BCUT2D eigenvalue weighted by atomic mass is 10.3. The molecule has 0 spiro atoms. The number of hydrogen-bond acceptors (Lipinski definition) is 6. The van der Waals surface area contributed by atoms with Crippen LogP contribution in [0.4, 0.5) is 0 Å². The predicted molar refractivity (Wildman–Crippen MR) is 99.2 cm³/mol. The molecule has 28 heavy (non-hydrogen) atoms. The molecule has 4 N–H and O–H groups in total. The molecule has 0 unspecified atom stereocenters. The number of benzene rings is 2. The Hall–Kier alpha value is -2.80. The molecule has 4 aromatic rings. The van der Waals surface area contributed by atoms with Crippen LogP contribution in [-0.4, -0.2) is 45.9 Å². The molecule has 0 saturated carbocycles. The molecule has 2 heterocycles. The first-order valence-electron chi connectivity index (χ1n) is 8.02. The molecule has 12 heteroatoms. The normalized spacial score (nSPS) is 12.8. The van der Waals surface area contributed by atoms with Crippen LogP contribution < -0.4 is 0 Å². The fourth-order valence-electron chi connectivity index (χ4n) is 2.88. The van der Waals surface area contributed by atoms with E-state index in [0.717, 1.165) is 0 Å². The van der Waals surface area contributed by atoms with E-state index in [-0.39, 0.29) is 9.79 Å². The van der Waals surface area contributed by atoms with Gasteiger partial charge in [-0.2, -0.15) is 16.8 Å². The van der Waals surface area contributed by atoms with Crippen LogP contribution in [0.25, 0.3) is 22.1 Å². The third kappa shape index (κ3) is 3.62. The minimum Gasteiger partial charge on any atom is -0.342 e. The Kier molecular flexibility index (Phi) is 4.23. The predicted octanol–water partition coefficient (Wildman–Crippen LogP) is 1.72. The summed E-state index contributed by atoms with van der Waals surface area (Å²) in [6.07, 6.45) is 0.918. The van der Waals surface area contributed by atoms with Gasteiger partial charge in [0.1, 0.15) is 11.6 Å². The van der Waals surface area contributed by atoms with E-state index in [2.05, 4.69) is 19.9 Å². The molecule has 0 fully saturated rings. The van der Waals surface area contributed by atoms with Crippen molar-refractivity contribution in [3.63, 3.8) is 0 Å². The number of aryl methyl sites for hydroxylation is 2. The topological polar surface area (TPSA) is 166 Å².